The quantitative estimate of drug-likeness (QED) is 0.839. The lowest BCUT2D eigenvalue weighted by molar-refractivity contribution is -0.120. The highest BCUT2D eigenvalue weighted by molar-refractivity contribution is 8.00. The van der Waals surface area contributed by atoms with Crippen LogP contribution in [0.5, 0.6) is 0 Å². The van der Waals surface area contributed by atoms with E-state index in [1.165, 1.54) is 11.8 Å². The number of amides is 1. The van der Waals surface area contributed by atoms with Gasteiger partial charge in [0, 0.05) is 24.5 Å². The molecule has 0 saturated heterocycles. The monoisotopic (exact) mass is 278 g/mol. The van der Waals surface area contributed by atoms with Crippen LogP contribution in [0.25, 0.3) is 11.5 Å². The van der Waals surface area contributed by atoms with Crippen molar-refractivity contribution in [3.05, 3.63) is 24.5 Å². The number of carbonyl (C=O) groups excluding carboxylic acids is 1. The molecule has 2 rings (SSSR count). The second-order valence-corrected chi connectivity index (χ2v) is 5.06. The minimum Gasteiger partial charge on any atom is -0.411 e. The number of carbonyl (C=O) groups is 1. The van der Waals surface area contributed by atoms with Crippen molar-refractivity contribution in [2.45, 2.75) is 24.3 Å². The normalized spacial score (nSPS) is 12.1. The van der Waals surface area contributed by atoms with Gasteiger partial charge in [0.15, 0.2) is 0 Å². The predicted octanol–water partition coefficient (Wildman–Crippen LogP) is 1.75. The summed E-state index contributed by atoms with van der Waals surface area (Å²) in [5.74, 6) is 0.379. The Morgan fingerprint density at radius 3 is 2.84 bits per heavy atom. The highest BCUT2D eigenvalue weighted by Gasteiger charge is 2.17. The summed E-state index contributed by atoms with van der Waals surface area (Å²) in [6.45, 7) is 4.28. The van der Waals surface area contributed by atoms with Crippen molar-refractivity contribution in [1.82, 2.24) is 20.5 Å². The zero-order valence-electron chi connectivity index (χ0n) is 10.7. The number of rotatable bonds is 5. The molecule has 100 valence electrons. The van der Waals surface area contributed by atoms with E-state index in [4.69, 9.17) is 4.42 Å². The van der Waals surface area contributed by atoms with Crippen LogP contribution in [0.2, 0.25) is 0 Å². The molecule has 0 saturated carbocycles. The number of aromatic nitrogens is 3. The molecule has 1 atom stereocenters. The van der Waals surface area contributed by atoms with Crippen LogP contribution in [0.3, 0.4) is 0 Å². The molecule has 2 heterocycles. The molecule has 0 aliphatic heterocycles. The summed E-state index contributed by atoms with van der Waals surface area (Å²) in [4.78, 5) is 15.5. The minimum atomic E-state index is -0.273. The fourth-order valence-electron chi connectivity index (χ4n) is 1.39. The fraction of sp³-hybridized carbons (Fsp3) is 0.333. The maximum atomic E-state index is 11.6. The van der Waals surface area contributed by atoms with E-state index < -0.39 is 0 Å². The van der Waals surface area contributed by atoms with Gasteiger partial charge in [-0.3, -0.25) is 9.78 Å². The van der Waals surface area contributed by atoms with Gasteiger partial charge in [-0.25, -0.2) is 0 Å². The molecule has 0 bridgehead atoms. The molecule has 0 fully saturated rings. The lowest BCUT2D eigenvalue weighted by Gasteiger charge is -2.07. The van der Waals surface area contributed by atoms with Crippen molar-refractivity contribution in [3.63, 3.8) is 0 Å². The SMILES string of the molecule is CCNC(=O)[C@H](C)Sc1nnc(-c2ccncc2)o1. The van der Waals surface area contributed by atoms with Crippen LogP contribution in [-0.4, -0.2) is 32.9 Å². The summed E-state index contributed by atoms with van der Waals surface area (Å²) in [5.41, 5.74) is 0.806. The third-order valence-electron chi connectivity index (χ3n) is 2.33. The van der Waals surface area contributed by atoms with E-state index in [1.807, 2.05) is 6.92 Å². The Balaban J connectivity index is 2.04. The minimum absolute atomic E-state index is 0.0452. The van der Waals surface area contributed by atoms with E-state index in [1.54, 1.807) is 31.5 Å². The van der Waals surface area contributed by atoms with Gasteiger partial charge in [0.2, 0.25) is 11.8 Å². The van der Waals surface area contributed by atoms with Gasteiger partial charge < -0.3 is 9.73 Å². The zero-order valence-corrected chi connectivity index (χ0v) is 11.5. The Hall–Kier alpha value is -1.89. The van der Waals surface area contributed by atoms with E-state index >= 15 is 0 Å². The molecule has 0 aliphatic rings. The maximum Gasteiger partial charge on any atom is 0.277 e. The number of pyridine rings is 1. The molecule has 6 nitrogen and oxygen atoms in total. The van der Waals surface area contributed by atoms with E-state index in [9.17, 15) is 4.79 Å². The highest BCUT2D eigenvalue weighted by atomic mass is 32.2. The molecule has 7 heteroatoms. The average molecular weight is 278 g/mol. The van der Waals surface area contributed by atoms with E-state index in [0.717, 1.165) is 5.56 Å². The Morgan fingerprint density at radius 2 is 2.16 bits per heavy atom. The Kier molecular flexibility index (Phi) is 4.51. The predicted molar refractivity (Wildman–Crippen MR) is 71.5 cm³/mol. The summed E-state index contributed by atoms with van der Waals surface area (Å²) >= 11 is 1.24. The number of thioether (sulfide) groups is 1. The molecule has 1 amide bonds. The summed E-state index contributed by atoms with van der Waals surface area (Å²) in [6.07, 6.45) is 3.31. The van der Waals surface area contributed by atoms with E-state index in [-0.39, 0.29) is 11.2 Å². The Morgan fingerprint density at radius 1 is 1.42 bits per heavy atom. The van der Waals surface area contributed by atoms with Crippen LogP contribution in [-0.2, 0) is 4.79 Å². The van der Waals surface area contributed by atoms with Crippen LogP contribution in [0.15, 0.2) is 34.2 Å². The van der Waals surface area contributed by atoms with Crippen molar-refractivity contribution < 1.29 is 9.21 Å². The van der Waals surface area contributed by atoms with Crippen LogP contribution < -0.4 is 5.32 Å². The van der Waals surface area contributed by atoms with E-state index in [0.29, 0.717) is 17.7 Å². The zero-order chi connectivity index (χ0) is 13.7. The van der Waals surface area contributed by atoms with Crippen molar-refractivity contribution in [2.24, 2.45) is 0 Å². The number of nitrogens with zero attached hydrogens (tertiary/aromatic N) is 3. The smallest absolute Gasteiger partial charge is 0.277 e. The van der Waals surface area contributed by atoms with E-state index in [2.05, 4.69) is 20.5 Å². The van der Waals surface area contributed by atoms with Crippen molar-refractivity contribution in [3.8, 4) is 11.5 Å². The summed E-state index contributed by atoms with van der Waals surface area (Å²) in [7, 11) is 0. The van der Waals surface area contributed by atoms with Crippen molar-refractivity contribution in [2.75, 3.05) is 6.54 Å². The molecule has 0 aromatic carbocycles. The molecule has 2 aromatic heterocycles. The fourth-order valence-corrected chi connectivity index (χ4v) is 2.10. The topological polar surface area (TPSA) is 80.9 Å². The second-order valence-electron chi connectivity index (χ2n) is 3.76. The Bertz CT molecular complexity index is 544. The molecule has 0 radical (unpaired) electrons. The van der Waals surface area contributed by atoms with Gasteiger partial charge in [-0.15, -0.1) is 10.2 Å². The van der Waals surface area contributed by atoms with Crippen LogP contribution >= 0.6 is 11.8 Å². The number of nitrogens with one attached hydrogen (secondary N) is 1. The van der Waals surface area contributed by atoms with Crippen LogP contribution in [0.4, 0.5) is 0 Å². The van der Waals surface area contributed by atoms with Gasteiger partial charge in [-0.2, -0.15) is 0 Å². The van der Waals surface area contributed by atoms with Crippen molar-refractivity contribution >= 4 is 17.7 Å². The largest absolute Gasteiger partial charge is 0.411 e. The first-order chi connectivity index (χ1) is 9.20. The molecule has 1 N–H and O–H groups in total. The molecule has 2 aromatic rings. The van der Waals surface area contributed by atoms with Gasteiger partial charge in [0.1, 0.15) is 0 Å². The summed E-state index contributed by atoms with van der Waals surface area (Å²) in [6, 6.07) is 3.57. The van der Waals surface area contributed by atoms with Gasteiger partial charge in [-0.05, 0) is 26.0 Å². The van der Waals surface area contributed by atoms with Gasteiger partial charge in [-0.1, -0.05) is 11.8 Å². The van der Waals surface area contributed by atoms with Crippen molar-refractivity contribution in [1.29, 1.82) is 0 Å². The Labute approximate surface area is 115 Å². The molecular formula is C12H14N4O2S. The maximum absolute atomic E-state index is 11.6. The first-order valence-electron chi connectivity index (χ1n) is 5.89. The lowest BCUT2D eigenvalue weighted by atomic mass is 10.3. The molecule has 0 unspecified atom stereocenters. The first kappa shape index (κ1) is 13.5. The lowest BCUT2D eigenvalue weighted by Crippen LogP contribution is -2.30. The molecule has 0 aliphatic carbocycles. The molecular weight excluding hydrogens is 264 g/mol. The number of hydrogen-bond acceptors (Lipinski definition) is 6. The van der Waals surface area contributed by atoms with Gasteiger partial charge in [0.25, 0.3) is 5.22 Å². The molecule has 19 heavy (non-hydrogen) atoms. The first-order valence-corrected chi connectivity index (χ1v) is 6.77. The van der Waals surface area contributed by atoms with Crippen LogP contribution in [0.1, 0.15) is 13.8 Å². The number of hydrogen-bond donors (Lipinski definition) is 1. The summed E-state index contributed by atoms with van der Waals surface area (Å²) in [5, 5.41) is 10.7. The summed E-state index contributed by atoms with van der Waals surface area (Å²) < 4.78 is 5.50. The van der Waals surface area contributed by atoms with Crippen LogP contribution in [0, 0.1) is 0 Å². The van der Waals surface area contributed by atoms with Gasteiger partial charge in [0.05, 0.1) is 5.25 Å². The third-order valence-corrected chi connectivity index (χ3v) is 3.27. The highest BCUT2D eigenvalue weighted by Crippen LogP contribution is 2.25. The second kappa shape index (κ2) is 6.33. The average Bonchev–Trinajstić information content (AvgIpc) is 2.88. The molecule has 0 spiro atoms. The third kappa shape index (κ3) is 3.54. The van der Waals surface area contributed by atoms with Gasteiger partial charge >= 0.3 is 0 Å². The standard InChI is InChI=1S/C12H14N4O2S/c1-3-14-10(17)8(2)19-12-16-15-11(18-12)9-4-6-13-7-5-9/h4-8H,3H2,1-2H3,(H,14,17)/t8-/m0/s1.